The summed E-state index contributed by atoms with van der Waals surface area (Å²) in [6.45, 7) is 0.0997. The minimum absolute atomic E-state index is 0.0657. The van der Waals surface area contributed by atoms with E-state index in [1.807, 2.05) is 0 Å². The largest absolute Gasteiger partial charge is 0.383 e. The minimum Gasteiger partial charge on any atom is -0.383 e. The van der Waals surface area contributed by atoms with Crippen molar-refractivity contribution in [3.8, 4) is 0 Å². The van der Waals surface area contributed by atoms with Gasteiger partial charge in [0, 0.05) is 39.3 Å². The molecule has 170 valence electrons. The van der Waals surface area contributed by atoms with Crippen molar-refractivity contribution >= 4 is 35.4 Å². The van der Waals surface area contributed by atoms with Crippen molar-refractivity contribution in [3.63, 3.8) is 0 Å². The lowest BCUT2D eigenvalue weighted by molar-refractivity contribution is -0.141. The van der Waals surface area contributed by atoms with Crippen LogP contribution < -0.4 is 0 Å². The predicted octanol–water partition coefficient (Wildman–Crippen LogP) is -4.35. The molecule has 0 saturated carbocycles. The molecule has 3 atom stereocenters. The molecule has 0 aromatic carbocycles. The quantitative estimate of drug-likeness (QED) is 0.297. The topological polar surface area (TPSA) is 176 Å². The zero-order chi connectivity index (χ0) is 22.9. The van der Waals surface area contributed by atoms with E-state index in [4.69, 9.17) is 0 Å². The van der Waals surface area contributed by atoms with Gasteiger partial charge < -0.3 is 15.3 Å². The second-order valence-corrected chi connectivity index (χ2v) is 7.65. The zero-order valence-electron chi connectivity index (χ0n) is 16.7. The van der Waals surface area contributed by atoms with Crippen LogP contribution in [0.1, 0.15) is 19.3 Å². The maximum atomic E-state index is 11.9. The monoisotopic (exact) mass is 440 g/mol. The number of aliphatic hydroxyl groups excluding tert-OH is 3. The van der Waals surface area contributed by atoms with Crippen molar-refractivity contribution in [3.05, 3.63) is 0 Å². The van der Waals surface area contributed by atoms with E-state index in [0.717, 1.165) is 14.7 Å². The van der Waals surface area contributed by atoms with Crippen molar-refractivity contribution in [2.45, 2.75) is 37.6 Å². The summed E-state index contributed by atoms with van der Waals surface area (Å²) < 4.78 is 0. The first-order valence-corrected chi connectivity index (χ1v) is 9.89. The summed E-state index contributed by atoms with van der Waals surface area (Å²) in [6, 6.07) is 0. The van der Waals surface area contributed by atoms with E-state index in [1.165, 1.54) is 0 Å². The van der Waals surface area contributed by atoms with Gasteiger partial charge in [0.2, 0.25) is 17.7 Å². The van der Waals surface area contributed by atoms with Gasteiger partial charge in [0.15, 0.2) is 0 Å². The molecule has 31 heavy (non-hydrogen) atoms. The SMILES string of the molecule is O=C1CC(O)C(=O)N1CCN(CCN1C(=O)CC(O)C1=O)CCN1C(=O)CC(O)C1=O. The van der Waals surface area contributed by atoms with E-state index in [0.29, 0.717) is 0 Å². The van der Waals surface area contributed by atoms with Crippen LogP contribution in [0.25, 0.3) is 0 Å². The highest BCUT2D eigenvalue weighted by Crippen LogP contribution is 2.15. The normalized spacial score (nSPS) is 27.1. The highest BCUT2D eigenvalue weighted by Gasteiger charge is 2.40. The number of hydrogen-bond acceptors (Lipinski definition) is 10. The third kappa shape index (κ3) is 4.79. The lowest BCUT2D eigenvalue weighted by Crippen LogP contribution is -2.46. The van der Waals surface area contributed by atoms with Crippen molar-refractivity contribution in [1.82, 2.24) is 19.6 Å². The van der Waals surface area contributed by atoms with Crippen molar-refractivity contribution in [1.29, 1.82) is 0 Å². The van der Waals surface area contributed by atoms with Crippen LogP contribution in [0.2, 0.25) is 0 Å². The summed E-state index contributed by atoms with van der Waals surface area (Å²) >= 11 is 0. The van der Waals surface area contributed by atoms with Gasteiger partial charge in [0.25, 0.3) is 17.7 Å². The van der Waals surface area contributed by atoms with Crippen LogP contribution in [0.5, 0.6) is 0 Å². The average Bonchev–Trinajstić information content (AvgIpc) is 3.20. The summed E-state index contributed by atoms with van der Waals surface area (Å²) in [5.41, 5.74) is 0. The van der Waals surface area contributed by atoms with Gasteiger partial charge in [-0.1, -0.05) is 0 Å². The van der Waals surface area contributed by atoms with Gasteiger partial charge >= 0.3 is 0 Å². The molecule has 3 rings (SSSR count). The van der Waals surface area contributed by atoms with Crippen LogP contribution in [0.4, 0.5) is 0 Å². The van der Waals surface area contributed by atoms with Crippen LogP contribution in [-0.2, 0) is 28.8 Å². The van der Waals surface area contributed by atoms with Crippen LogP contribution >= 0.6 is 0 Å². The van der Waals surface area contributed by atoms with E-state index in [9.17, 15) is 44.1 Å². The molecule has 6 amide bonds. The predicted molar refractivity (Wildman–Crippen MR) is 98.5 cm³/mol. The minimum atomic E-state index is -1.39. The second kappa shape index (κ2) is 9.18. The molecule has 0 radical (unpaired) electrons. The molecule has 3 heterocycles. The lowest BCUT2D eigenvalue weighted by Gasteiger charge is -2.28. The Morgan fingerprint density at radius 3 is 1.03 bits per heavy atom. The van der Waals surface area contributed by atoms with E-state index in [1.54, 1.807) is 4.90 Å². The number of imide groups is 3. The van der Waals surface area contributed by atoms with Crippen LogP contribution in [0.3, 0.4) is 0 Å². The Hall–Kier alpha value is -2.74. The van der Waals surface area contributed by atoms with Gasteiger partial charge in [-0.3, -0.25) is 48.4 Å². The number of carbonyl (C=O) groups excluding carboxylic acids is 6. The summed E-state index contributed by atoms with van der Waals surface area (Å²) in [4.78, 5) is 75.6. The van der Waals surface area contributed by atoms with Gasteiger partial charge in [0.1, 0.15) is 18.3 Å². The summed E-state index contributed by atoms with van der Waals surface area (Å²) in [7, 11) is 0. The van der Waals surface area contributed by atoms with Gasteiger partial charge in [0.05, 0.1) is 19.3 Å². The summed E-state index contributed by atoms with van der Waals surface area (Å²) in [5, 5.41) is 28.6. The number of carbonyl (C=O) groups is 6. The Labute approximate surface area is 176 Å². The lowest BCUT2D eigenvalue weighted by atomic mass is 10.3. The van der Waals surface area contributed by atoms with Crippen LogP contribution in [0, 0.1) is 0 Å². The number of aliphatic hydroxyl groups is 3. The van der Waals surface area contributed by atoms with Gasteiger partial charge in [-0.25, -0.2) is 0 Å². The highest BCUT2D eigenvalue weighted by molar-refractivity contribution is 6.06. The first-order valence-electron chi connectivity index (χ1n) is 9.89. The molecule has 13 heteroatoms. The summed E-state index contributed by atoms with van der Waals surface area (Å²) in [5.74, 6) is -3.74. The zero-order valence-corrected chi connectivity index (χ0v) is 16.7. The molecule has 3 saturated heterocycles. The molecule has 0 aromatic rings. The molecule has 0 aliphatic carbocycles. The fraction of sp³-hybridized carbons (Fsp3) is 0.667. The number of amides is 6. The first-order chi connectivity index (χ1) is 14.6. The van der Waals surface area contributed by atoms with Crippen LogP contribution in [-0.4, -0.2) is 128 Å². The molecule has 0 aromatic heterocycles. The molecule has 3 fully saturated rings. The molecule has 3 aliphatic rings. The molecule has 3 N–H and O–H groups in total. The molecular weight excluding hydrogens is 416 g/mol. The Bertz CT molecular complexity index is 711. The van der Waals surface area contributed by atoms with Crippen LogP contribution in [0.15, 0.2) is 0 Å². The van der Waals surface area contributed by atoms with Gasteiger partial charge in [-0.2, -0.15) is 0 Å². The standard InChI is InChI=1S/C18H24N4O9/c23-10-7-13(26)20(16(10)29)4-1-19(2-5-21-14(27)8-11(24)17(21)30)3-6-22-15(28)9-12(25)18(22)31/h10-12,23-25H,1-9H2. The Morgan fingerprint density at radius 1 is 0.581 bits per heavy atom. The van der Waals surface area contributed by atoms with E-state index in [2.05, 4.69) is 0 Å². The average molecular weight is 440 g/mol. The van der Waals surface area contributed by atoms with Gasteiger partial charge in [-0.05, 0) is 0 Å². The number of rotatable bonds is 9. The fourth-order valence-corrected chi connectivity index (χ4v) is 3.76. The second-order valence-electron chi connectivity index (χ2n) is 7.65. The fourth-order valence-electron chi connectivity index (χ4n) is 3.76. The third-order valence-electron chi connectivity index (χ3n) is 5.58. The number of hydrogen-bond donors (Lipinski definition) is 3. The Kier molecular flexibility index (Phi) is 6.79. The van der Waals surface area contributed by atoms with Crippen molar-refractivity contribution < 1.29 is 44.1 Å². The van der Waals surface area contributed by atoms with E-state index in [-0.39, 0.29) is 58.5 Å². The number of likely N-dealkylation sites (tertiary alicyclic amines) is 3. The molecule has 0 bridgehead atoms. The van der Waals surface area contributed by atoms with Gasteiger partial charge in [-0.15, -0.1) is 0 Å². The van der Waals surface area contributed by atoms with E-state index < -0.39 is 53.8 Å². The maximum absolute atomic E-state index is 11.9. The molecule has 3 aliphatic heterocycles. The number of nitrogens with zero attached hydrogens (tertiary/aromatic N) is 4. The van der Waals surface area contributed by atoms with E-state index >= 15 is 0 Å². The highest BCUT2D eigenvalue weighted by atomic mass is 16.3. The first kappa shape index (κ1) is 22.9. The maximum Gasteiger partial charge on any atom is 0.258 e. The molecule has 0 spiro atoms. The summed E-state index contributed by atoms with van der Waals surface area (Å²) in [6.07, 6.45) is -5.07. The smallest absolute Gasteiger partial charge is 0.258 e. The van der Waals surface area contributed by atoms with Crippen molar-refractivity contribution in [2.24, 2.45) is 0 Å². The third-order valence-corrected chi connectivity index (χ3v) is 5.58. The Morgan fingerprint density at radius 2 is 0.839 bits per heavy atom. The Balaban J connectivity index is 1.62. The molecule has 3 unspecified atom stereocenters. The molecular formula is C18H24N4O9. The van der Waals surface area contributed by atoms with Crippen molar-refractivity contribution in [2.75, 3.05) is 39.3 Å². The molecule has 13 nitrogen and oxygen atoms in total.